The van der Waals surface area contributed by atoms with Gasteiger partial charge < -0.3 is 15.5 Å². The Morgan fingerprint density at radius 2 is 1.82 bits per heavy atom. The van der Waals surface area contributed by atoms with E-state index in [2.05, 4.69) is 10.6 Å². The molecule has 2 aromatic carbocycles. The summed E-state index contributed by atoms with van der Waals surface area (Å²) >= 11 is 0. The fourth-order valence-corrected chi connectivity index (χ4v) is 6.99. The van der Waals surface area contributed by atoms with E-state index in [9.17, 15) is 18.4 Å². The summed E-state index contributed by atoms with van der Waals surface area (Å²) in [5, 5.41) is 6.75. The highest BCUT2D eigenvalue weighted by molar-refractivity contribution is 5.95. The average molecular weight is 518 g/mol. The first-order chi connectivity index (χ1) is 18.5. The van der Waals surface area contributed by atoms with Crippen molar-refractivity contribution in [1.29, 1.82) is 0 Å². The maximum Gasteiger partial charge on any atom is 0.251 e. The summed E-state index contributed by atoms with van der Waals surface area (Å²) in [4.78, 5) is 29.1. The third kappa shape index (κ3) is 4.63. The lowest BCUT2D eigenvalue weighted by Gasteiger charge is -2.44. The summed E-state index contributed by atoms with van der Waals surface area (Å²) in [7, 11) is 0. The fraction of sp³-hybridized carbons (Fsp3) is 0.419. The number of halogens is 2. The largest absolute Gasteiger partial charge is 0.381 e. The zero-order chi connectivity index (χ0) is 26.2. The Labute approximate surface area is 222 Å². The number of nitrogens with one attached hydrogen (secondary N) is 2. The van der Waals surface area contributed by atoms with Gasteiger partial charge in [0.15, 0.2) is 0 Å². The van der Waals surface area contributed by atoms with E-state index in [-0.39, 0.29) is 59.3 Å². The Morgan fingerprint density at radius 3 is 2.61 bits per heavy atom. The topological polar surface area (TPSA) is 61.4 Å². The molecule has 6 atom stereocenters. The molecule has 2 heterocycles. The van der Waals surface area contributed by atoms with E-state index in [0.717, 1.165) is 43.4 Å². The zero-order valence-corrected chi connectivity index (χ0v) is 21.3. The van der Waals surface area contributed by atoms with Crippen molar-refractivity contribution in [2.24, 2.45) is 17.8 Å². The first-order valence-electron chi connectivity index (χ1n) is 13.8. The molecule has 2 amide bonds. The van der Waals surface area contributed by atoms with Crippen molar-refractivity contribution in [3.8, 4) is 0 Å². The van der Waals surface area contributed by atoms with Gasteiger partial charge in [-0.1, -0.05) is 37.1 Å². The van der Waals surface area contributed by atoms with Crippen LogP contribution in [0.25, 0.3) is 0 Å². The summed E-state index contributed by atoms with van der Waals surface area (Å²) in [6.07, 6.45) is 9.81. The number of fused-ring (bicyclic) bond motifs is 3. The Hall–Kier alpha value is -3.48. The number of nitrogens with zero attached hydrogens (tertiary/aromatic N) is 1. The third-order valence-corrected chi connectivity index (χ3v) is 8.83. The summed E-state index contributed by atoms with van der Waals surface area (Å²) in [6.45, 7) is 0.582. The minimum Gasteiger partial charge on any atom is -0.381 e. The smallest absolute Gasteiger partial charge is 0.251 e. The molecule has 7 heteroatoms. The predicted octanol–water partition coefficient (Wildman–Crippen LogP) is 5.93. The number of rotatable bonds is 4. The van der Waals surface area contributed by atoms with Crippen LogP contribution in [-0.4, -0.2) is 35.3 Å². The van der Waals surface area contributed by atoms with Gasteiger partial charge in [-0.05, 0) is 68.2 Å². The molecule has 0 spiro atoms. The molecule has 0 aromatic heterocycles. The van der Waals surface area contributed by atoms with Crippen LogP contribution >= 0.6 is 0 Å². The fourth-order valence-electron chi connectivity index (χ4n) is 6.99. The van der Waals surface area contributed by atoms with Crippen molar-refractivity contribution in [3.05, 3.63) is 89.5 Å². The van der Waals surface area contributed by atoms with Crippen LogP contribution in [0.15, 0.2) is 72.6 Å². The van der Waals surface area contributed by atoms with E-state index in [1.165, 1.54) is 12.1 Å². The molecule has 6 rings (SSSR count). The van der Waals surface area contributed by atoms with E-state index in [4.69, 9.17) is 0 Å². The van der Waals surface area contributed by atoms with Gasteiger partial charge in [0.1, 0.15) is 11.6 Å². The van der Waals surface area contributed by atoms with Gasteiger partial charge in [0.25, 0.3) is 5.91 Å². The van der Waals surface area contributed by atoms with Gasteiger partial charge in [0, 0.05) is 47.3 Å². The Kier molecular flexibility index (Phi) is 6.76. The van der Waals surface area contributed by atoms with Crippen LogP contribution in [0.2, 0.25) is 0 Å². The summed E-state index contributed by atoms with van der Waals surface area (Å²) in [5.74, 6) is -0.811. The Balaban J connectivity index is 1.27. The molecular formula is C31H33F2N3O2. The molecule has 38 heavy (non-hydrogen) atoms. The molecule has 2 aliphatic carbocycles. The molecule has 2 fully saturated rings. The minimum atomic E-state index is -0.324. The second-order valence-electron chi connectivity index (χ2n) is 11.0. The van der Waals surface area contributed by atoms with Crippen LogP contribution in [0.1, 0.15) is 60.5 Å². The molecule has 0 radical (unpaired) electrons. The van der Waals surface area contributed by atoms with E-state index in [0.29, 0.717) is 18.5 Å². The highest BCUT2D eigenvalue weighted by atomic mass is 19.1. The SMILES string of the molecule is O=C(N[C@@H]1CCCC[C@@H]1C(=O)N1CC[C@@H]2[C@H](C3C=CC(F)=CC3)Nc3ccc(F)cc3[C@@H]21)c1ccccc1. The average Bonchev–Trinajstić information content (AvgIpc) is 3.39. The van der Waals surface area contributed by atoms with Crippen molar-refractivity contribution in [3.63, 3.8) is 0 Å². The number of benzene rings is 2. The molecular weight excluding hydrogens is 484 g/mol. The molecule has 1 saturated heterocycles. The van der Waals surface area contributed by atoms with Gasteiger partial charge in [-0.2, -0.15) is 0 Å². The van der Waals surface area contributed by atoms with Gasteiger partial charge in [0.05, 0.1) is 12.0 Å². The van der Waals surface area contributed by atoms with Crippen molar-refractivity contribution in [2.45, 2.75) is 56.7 Å². The number of amides is 2. The molecule has 2 N–H and O–H groups in total. The van der Waals surface area contributed by atoms with Gasteiger partial charge >= 0.3 is 0 Å². The molecule has 0 bridgehead atoms. The normalized spacial score (nSPS) is 30.1. The highest BCUT2D eigenvalue weighted by Gasteiger charge is 2.49. The van der Waals surface area contributed by atoms with Crippen LogP contribution < -0.4 is 10.6 Å². The quantitative estimate of drug-likeness (QED) is 0.529. The molecule has 1 saturated carbocycles. The number of hydrogen-bond acceptors (Lipinski definition) is 3. The van der Waals surface area contributed by atoms with Crippen LogP contribution in [0.3, 0.4) is 0 Å². The lowest BCUT2D eigenvalue weighted by atomic mass is 9.75. The van der Waals surface area contributed by atoms with Crippen molar-refractivity contribution < 1.29 is 18.4 Å². The van der Waals surface area contributed by atoms with Crippen LogP contribution in [-0.2, 0) is 4.79 Å². The summed E-state index contributed by atoms with van der Waals surface area (Å²) < 4.78 is 28.2. The maximum absolute atomic E-state index is 14.5. The number of allylic oxidation sites excluding steroid dienone is 3. The molecule has 1 unspecified atom stereocenters. The monoisotopic (exact) mass is 517 g/mol. The van der Waals surface area contributed by atoms with E-state index in [1.807, 2.05) is 29.2 Å². The van der Waals surface area contributed by atoms with Crippen molar-refractivity contribution >= 4 is 17.5 Å². The van der Waals surface area contributed by atoms with E-state index in [1.54, 1.807) is 30.3 Å². The van der Waals surface area contributed by atoms with E-state index >= 15 is 0 Å². The first-order valence-corrected chi connectivity index (χ1v) is 13.8. The van der Waals surface area contributed by atoms with E-state index < -0.39 is 0 Å². The van der Waals surface area contributed by atoms with Crippen molar-refractivity contribution in [2.75, 3.05) is 11.9 Å². The number of hydrogen-bond donors (Lipinski definition) is 2. The van der Waals surface area contributed by atoms with Gasteiger partial charge in [0.2, 0.25) is 5.91 Å². The molecule has 5 nitrogen and oxygen atoms in total. The van der Waals surface area contributed by atoms with Crippen LogP contribution in [0, 0.1) is 23.6 Å². The van der Waals surface area contributed by atoms with Crippen LogP contribution in [0.5, 0.6) is 0 Å². The molecule has 4 aliphatic rings. The lowest BCUT2D eigenvalue weighted by molar-refractivity contribution is -0.139. The lowest BCUT2D eigenvalue weighted by Crippen LogP contribution is -2.51. The predicted molar refractivity (Wildman–Crippen MR) is 142 cm³/mol. The Bertz CT molecular complexity index is 1280. The molecule has 198 valence electrons. The number of carbonyl (C=O) groups is 2. The standard InChI is InChI=1S/C31H33F2N3O2/c32-21-12-10-19(11-13-21)28-24-16-17-36(29(24)25-18-22(33)14-15-27(25)34-28)31(38)23-8-4-5-9-26(23)35-30(37)20-6-2-1-3-7-20/h1-3,6-7,10,12-15,18-19,23-24,26,28-29,34H,4-5,8-9,11,16-17H2,(H,35,37)/t19?,23-,24+,26+,28-,29+/m0/s1. The van der Waals surface area contributed by atoms with Gasteiger partial charge in [-0.25, -0.2) is 8.78 Å². The highest BCUT2D eigenvalue weighted by Crippen LogP contribution is 2.50. The number of likely N-dealkylation sites (tertiary alicyclic amines) is 1. The number of anilines is 1. The molecule has 2 aromatic rings. The van der Waals surface area contributed by atoms with Gasteiger partial charge in [-0.3, -0.25) is 9.59 Å². The zero-order valence-electron chi connectivity index (χ0n) is 21.3. The molecule has 2 aliphatic heterocycles. The summed E-state index contributed by atoms with van der Waals surface area (Å²) in [6, 6.07) is 13.4. The van der Waals surface area contributed by atoms with Crippen molar-refractivity contribution in [1.82, 2.24) is 10.2 Å². The van der Waals surface area contributed by atoms with Gasteiger partial charge in [-0.15, -0.1) is 0 Å². The first kappa shape index (κ1) is 24.8. The second-order valence-corrected chi connectivity index (χ2v) is 11.0. The summed E-state index contributed by atoms with van der Waals surface area (Å²) in [5.41, 5.74) is 2.22. The number of carbonyl (C=O) groups excluding carboxylic acids is 2. The second kappa shape index (κ2) is 10.4. The maximum atomic E-state index is 14.5. The Morgan fingerprint density at radius 1 is 1.00 bits per heavy atom. The van der Waals surface area contributed by atoms with Crippen LogP contribution in [0.4, 0.5) is 14.5 Å². The minimum absolute atomic E-state index is 0.0105. The third-order valence-electron chi connectivity index (χ3n) is 8.83.